The first-order chi connectivity index (χ1) is 11.3. The van der Waals surface area contributed by atoms with Gasteiger partial charge in [-0.1, -0.05) is 90.0 Å². The molecule has 1 unspecified atom stereocenters. The normalized spacial score (nSPS) is 17.1. The Kier molecular flexibility index (Phi) is 12.3. The van der Waals surface area contributed by atoms with Crippen molar-refractivity contribution in [3.8, 4) is 0 Å². The van der Waals surface area contributed by atoms with Gasteiger partial charge in [0.1, 0.15) is 5.78 Å². The van der Waals surface area contributed by atoms with Crippen LogP contribution < -0.4 is 0 Å². The highest BCUT2D eigenvalue weighted by molar-refractivity contribution is 5.82. The molecule has 0 aromatic rings. The van der Waals surface area contributed by atoms with Crippen molar-refractivity contribution >= 4 is 5.78 Å². The van der Waals surface area contributed by atoms with Gasteiger partial charge in [-0.15, -0.1) is 6.58 Å². The van der Waals surface area contributed by atoms with Crippen LogP contribution in [0.5, 0.6) is 0 Å². The Morgan fingerprint density at radius 1 is 0.913 bits per heavy atom. The van der Waals surface area contributed by atoms with Gasteiger partial charge in [0.25, 0.3) is 0 Å². The molecule has 0 N–H and O–H groups in total. The molecule has 23 heavy (non-hydrogen) atoms. The zero-order chi connectivity index (χ0) is 16.8. The Morgan fingerprint density at radius 3 is 1.96 bits per heavy atom. The highest BCUT2D eigenvalue weighted by Gasteiger charge is 2.26. The quantitative estimate of drug-likeness (QED) is 0.243. The minimum absolute atomic E-state index is 0.147. The molecule has 0 radical (unpaired) electrons. The summed E-state index contributed by atoms with van der Waals surface area (Å²) in [5.74, 6) is 1.21. The number of unbranched alkanes of at least 4 members (excludes halogenated alkanes) is 9. The molecule has 0 aromatic carbocycles. The van der Waals surface area contributed by atoms with Crippen molar-refractivity contribution in [1.82, 2.24) is 0 Å². The van der Waals surface area contributed by atoms with E-state index < -0.39 is 0 Å². The summed E-state index contributed by atoms with van der Waals surface area (Å²) in [5.41, 5.74) is 0. The van der Waals surface area contributed by atoms with E-state index in [9.17, 15) is 4.79 Å². The number of Topliss-reactive ketones (excluding diaryl/α,β-unsaturated/α-hetero) is 1. The molecule has 1 saturated carbocycles. The fourth-order valence-corrected chi connectivity index (χ4v) is 4.03. The number of rotatable bonds is 14. The number of ketones is 1. The third-order valence-corrected chi connectivity index (χ3v) is 5.56. The van der Waals surface area contributed by atoms with Crippen LogP contribution in [-0.2, 0) is 4.79 Å². The molecule has 1 atom stereocenters. The second kappa shape index (κ2) is 13.8. The number of hydrogen-bond acceptors (Lipinski definition) is 1. The highest BCUT2D eigenvalue weighted by Crippen LogP contribution is 2.32. The monoisotopic (exact) mass is 320 g/mol. The average molecular weight is 321 g/mol. The molecular formula is C22H40O. The maximum Gasteiger partial charge on any atom is 0.139 e. The number of hydrogen-bond donors (Lipinski definition) is 0. The van der Waals surface area contributed by atoms with E-state index in [1.165, 1.54) is 89.9 Å². The second-order valence-corrected chi connectivity index (χ2v) is 7.56. The fourth-order valence-electron chi connectivity index (χ4n) is 4.03. The summed E-state index contributed by atoms with van der Waals surface area (Å²) < 4.78 is 0. The van der Waals surface area contributed by atoms with Gasteiger partial charge in [0, 0.05) is 12.3 Å². The summed E-state index contributed by atoms with van der Waals surface area (Å²) in [6, 6.07) is 0. The molecule has 0 amide bonds. The first-order valence-corrected chi connectivity index (χ1v) is 10.4. The number of carbonyl (C=O) groups excluding carboxylic acids is 1. The number of allylic oxidation sites excluding steroid dienone is 1. The summed E-state index contributed by atoms with van der Waals surface area (Å²) in [6.07, 6.45) is 22.5. The van der Waals surface area contributed by atoms with Crippen molar-refractivity contribution in [1.29, 1.82) is 0 Å². The SMILES string of the molecule is C=CC(C(=O)CCCCCCCCCCCC)C1CCCCC1. The largest absolute Gasteiger partial charge is 0.299 e. The third kappa shape index (κ3) is 9.33. The van der Waals surface area contributed by atoms with Gasteiger partial charge in [-0.2, -0.15) is 0 Å². The lowest BCUT2D eigenvalue weighted by Gasteiger charge is -2.27. The van der Waals surface area contributed by atoms with E-state index in [-0.39, 0.29) is 5.92 Å². The molecule has 1 fully saturated rings. The van der Waals surface area contributed by atoms with Crippen molar-refractivity contribution in [2.45, 2.75) is 110 Å². The molecule has 0 aromatic heterocycles. The topological polar surface area (TPSA) is 17.1 Å². The average Bonchev–Trinajstić information content (AvgIpc) is 2.58. The van der Waals surface area contributed by atoms with Gasteiger partial charge in [-0.3, -0.25) is 4.79 Å². The summed E-state index contributed by atoms with van der Waals surface area (Å²) in [5, 5.41) is 0. The Bertz CT molecular complexity index is 301. The molecule has 0 aliphatic heterocycles. The molecular weight excluding hydrogens is 280 g/mol. The van der Waals surface area contributed by atoms with Crippen LogP contribution in [0.1, 0.15) is 110 Å². The van der Waals surface area contributed by atoms with Crippen molar-refractivity contribution in [2.24, 2.45) is 11.8 Å². The molecule has 0 spiro atoms. The lowest BCUT2D eigenvalue weighted by molar-refractivity contribution is -0.123. The first kappa shape index (κ1) is 20.5. The zero-order valence-electron chi connectivity index (χ0n) is 15.7. The van der Waals surface area contributed by atoms with Crippen LogP contribution in [-0.4, -0.2) is 5.78 Å². The van der Waals surface area contributed by atoms with E-state index in [4.69, 9.17) is 0 Å². The van der Waals surface area contributed by atoms with Gasteiger partial charge in [0.15, 0.2) is 0 Å². The van der Waals surface area contributed by atoms with Crippen LogP contribution in [0.15, 0.2) is 12.7 Å². The Labute approximate surface area is 145 Å². The summed E-state index contributed by atoms with van der Waals surface area (Å²) in [6.45, 7) is 6.21. The Morgan fingerprint density at radius 2 is 1.43 bits per heavy atom. The Hall–Kier alpha value is -0.590. The van der Waals surface area contributed by atoms with Gasteiger partial charge >= 0.3 is 0 Å². The van der Waals surface area contributed by atoms with E-state index in [2.05, 4.69) is 13.5 Å². The molecule has 1 rings (SSSR count). The van der Waals surface area contributed by atoms with Gasteiger partial charge in [-0.25, -0.2) is 0 Å². The summed E-state index contributed by atoms with van der Waals surface area (Å²) in [4.78, 5) is 12.4. The molecule has 1 heteroatoms. The minimum Gasteiger partial charge on any atom is -0.299 e. The highest BCUT2D eigenvalue weighted by atomic mass is 16.1. The smallest absolute Gasteiger partial charge is 0.139 e. The minimum atomic E-state index is 0.147. The van der Waals surface area contributed by atoms with Crippen LogP contribution in [0.2, 0.25) is 0 Å². The van der Waals surface area contributed by atoms with E-state index in [1.54, 1.807) is 0 Å². The van der Waals surface area contributed by atoms with Crippen LogP contribution in [0, 0.1) is 11.8 Å². The van der Waals surface area contributed by atoms with Gasteiger partial charge in [0.05, 0.1) is 0 Å². The predicted molar refractivity (Wildman–Crippen MR) is 102 cm³/mol. The van der Waals surface area contributed by atoms with E-state index in [0.717, 1.165) is 12.8 Å². The van der Waals surface area contributed by atoms with Crippen LogP contribution in [0.3, 0.4) is 0 Å². The molecule has 1 nitrogen and oxygen atoms in total. The standard InChI is InChI=1S/C22H40O/c1-3-5-6-7-8-9-10-11-12-16-19-22(23)21(4-2)20-17-14-13-15-18-20/h4,20-21H,2-3,5-19H2,1H3. The summed E-state index contributed by atoms with van der Waals surface area (Å²) in [7, 11) is 0. The van der Waals surface area contributed by atoms with Crippen LogP contribution in [0.25, 0.3) is 0 Å². The molecule has 134 valence electrons. The lowest BCUT2D eigenvalue weighted by Crippen LogP contribution is -2.23. The van der Waals surface area contributed by atoms with Gasteiger partial charge < -0.3 is 0 Å². The van der Waals surface area contributed by atoms with Gasteiger partial charge in [0.2, 0.25) is 0 Å². The maximum absolute atomic E-state index is 12.4. The van der Waals surface area contributed by atoms with E-state index >= 15 is 0 Å². The van der Waals surface area contributed by atoms with Crippen molar-refractivity contribution in [3.05, 3.63) is 12.7 Å². The van der Waals surface area contributed by atoms with Crippen LogP contribution in [0.4, 0.5) is 0 Å². The molecule has 1 aliphatic carbocycles. The predicted octanol–water partition coefficient (Wildman–Crippen LogP) is 7.25. The number of carbonyl (C=O) groups is 1. The van der Waals surface area contributed by atoms with E-state index in [1.807, 2.05) is 6.08 Å². The van der Waals surface area contributed by atoms with E-state index in [0.29, 0.717) is 11.7 Å². The summed E-state index contributed by atoms with van der Waals surface area (Å²) >= 11 is 0. The molecule has 0 bridgehead atoms. The fraction of sp³-hybridized carbons (Fsp3) is 0.864. The first-order valence-electron chi connectivity index (χ1n) is 10.4. The molecule has 0 heterocycles. The molecule has 0 saturated heterocycles. The Balaban J connectivity index is 2.01. The van der Waals surface area contributed by atoms with Crippen molar-refractivity contribution in [3.63, 3.8) is 0 Å². The zero-order valence-corrected chi connectivity index (χ0v) is 15.7. The second-order valence-electron chi connectivity index (χ2n) is 7.56. The maximum atomic E-state index is 12.4. The third-order valence-electron chi connectivity index (χ3n) is 5.56. The molecule has 1 aliphatic rings. The van der Waals surface area contributed by atoms with Crippen LogP contribution >= 0.6 is 0 Å². The van der Waals surface area contributed by atoms with Crippen molar-refractivity contribution in [2.75, 3.05) is 0 Å². The van der Waals surface area contributed by atoms with Gasteiger partial charge in [-0.05, 0) is 25.2 Å². The van der Waals surface area contributed by atoms with Crippen molar-refractivity contribution < 1.29 is 4.79 Å². The lowest BCUT2D eigenvalue weighted by atomic mass is 9.77.